The van der Waals surface area contributed by atoms with Crippen molar-refractivity contribution in [1.82, 2.24) is 0 Å². The summed E-state index contributed by atoms with van der Waals surface area (Å²) in [6, 6.07) is 8.61. The molecule has 1 aromatic rings. The highest BCUT2D eigenvalue weighted by molar-refractivity contribution is 5.57. The normalized spacial score (nSPS) is 14.0. The average Bonchev–Trinajstić information content (AvgIpc) is 2.05. The fourth-order valence-corrected chi connectivity index (χ4v) is 0.942. The van der Waals surface area contributed by atoms with Crippen LogP contribution >= 0.6 is 0 Å². The number of hydrogen-bond donors (Lipinski definition) is 0. The molecule has 1 heterocycles. The molecule has 1 nitrogen and oxygen atoms in total. The maximum absolute atomic E-state index is 5.25. The largest absolute Gasteiger partial charge is 0.488 e. The highest BCUT2D eigenvalue weighted by Gasteiger charge is 2.01. The Balaban J connectivity index is 2.54. The minimum atomic E-state index is 0.560. The molecular weight excluding hydrogens is 124 g/mol. The van der Waals surface area contributed by atoms with E-state index in [0.29, 0.717) is 6.61 Å². The number of hydrogen-bond acceptors (Lipinski definition) is 1. The highest BCUT2D eigenvalue weighted by atomic mass is 16.5. The van der Waals surface area contributed by atoms with Gasteiger partial charge in [0.1, 0.15) is 12.4 Å². The van der Waals surface area contributed by atoms with Crippen molar-refractivity contribution >= 4 is 6.08 Å². The molecule has 0 N–H and O–H groups in total. The Morgan fingerprint density at radius 3 is 3.40 bits per heavy atom. The Morgan fingerprint density at radius 2 is 2.50 bits per heavy atom. The second kappa shape index (κ2) is 2.18. The van der Waals surface area contributed by atoms with Gasteiger partial charge in [-0.05, 0) is 24.3 Å². The van der Waals surface area contributed by atoms with Gasteiger partial charge in [0, 0.05) is 5.56 Å². The van der Waals surface area contributed by atoms with Crippen LogP contribution in [0.1, 0.15) is 5.56 Å². The van der Waals surface area contributed by atoms with Crippen LogP contribution in [0.3, 0.4) is 0 Å². The molecule has 0 spiro atoms. The smallest absolute Gasteiger partial charge is 0.127 e. The number of fused-ring (bicyclic) bond motifs is 1. The van der Waals surface area contributed by atoms with Crippen molar-refractivity contribution in [2.75, 3.05) is 6.61 Å². The maximum atomic E-state index is 5.25. The lowest BCUT2D eigenvalue weighted by molar-refractivity contribution is 0.352. The van der Waals surface area contributed by atoms with E-state index in [9.17, 15) is 0 Å². The molecule has 2 rings (SSSR count). The summed E-state index contributed by atoms with van der Waals surface area (Å²) >= 11 is 0. The van der Waals surface area contributed by atoms with Gasteiger partial charge in [0.05, 0.1) is 0 Å². The first-order chi connectivity index (χ1) is 4.97. The van der Waals surface area contributed by atoms with Crippen molar-refractivity contribution in [2.24, 2.45) is 0 Å². The number of benzene rings is 1. The van der Waals surface area contributed by atoms with Crippen molar-refractivity contribution in [3.05, 3.63) is 35.9 Å². The topological polar surface area (TPSA) is 9.23 Å². The number of ether oxygens (including phenoxy) is 1. The molecule has 1 aromatic carbocycles. The second-order valence-corrected chi connectivity index (χ2v) is 2.10. The van der Waals surface area contributed by atoms with Crippen LogP contribution in [0, 0.1) is 12.1 Å². The summed E-state index contributed by atoms with van der Waals surface area (Å²) in [5.41, 5.74) is 1.09. The van der Waals surface area contributed by atoms with Gasteiger partial charge in [-0.2, -0.15) is 0 Å². The van der Waals surface area contributed by atoms with Gasteiger partial charge in [-0.15, -0.1) is 0 Å². The molecule has 1 aliphatic heterocycles. The molecule has 10 heavy (non-hydrogen) atoms. The van der Waals surface area contributed by atoms with Crippen molar-refractivity contribution in [3.8, 4) is 5.75 Å². The fraction of sp³-hybridized carbons (Fsp3) is 0.111. The van der Waals surface area contributed by atoms with Crippen molar-refractivity contribution < 1.29 is 4.74 Å². The predicted molar refractivity (Wildman–Crippen MR) is 38.5 cm³/mol. The van der Waals surface area contributed by atoms with E-state index in [1.807, 2.05) is 24.3 Å². The van der Waals surface area contributed by atoms with Crippen LogP contribution in [0.25, 0.3) is 6.08 Å². The van der Waals surface area contributed by atoms with Gasteiger partial charge in [0.2, 0.25) is 0 Å². The van der Waals surface area contributed by atoms with E-state index in [4.69, 9.17) is 4.74 Å². The zero-order valence-corrected chi connectivity index (χ0v) is 5.42. The van der Waals surface area contributed by atoms with E-state index in [1.165, 1.54) is 0 Å². The summed E-state index contributed by atoms with van der Waals surface area (Å²) in [6.07, 6.45) is 4.92. The summed E-state index contributed by atoms with van der Waals surface area (Å²) in [4.78, 5) is 0. The molecule has 48 valence electrons. The third-order valence-electron chi connectivity index (χ3n) is 1.43. The van der Waals surface area contributed by atoms with Crippen molar-refractivity contribution in [1.29, 1.82) is 0 Å². The minimum Gasteiger partial charge on any atom is -0.488 e. The van der Waals surface area contributed by atoms with Gasteiger partial charge >= 0.3 is 0 Å². The Morgan fingerprint density at radius 1 is 1.50 bits per heavy atom. The molecule has 0 aliphatic carbocycles. The van der Waals surface area contributed by atoms with Crippen molar-refractivity contribution in [2.45, 2.75) is 0 Å². The van der Waals surface area contributed by atoms with E-state index in [-0.39, 0.29) is 0 Å². The van der Waals surface area contributed by atoms with Crippen LogP contribution in [-0.2, 0) is 0 Å². The molecule has 0 fully saturated rings. The molecule has 0 saturated carbocycles. The Kier molecular flexibility index (Phi) is 1.21. The van der Waals surface area contributed by atoms with Gasteiger partial charge in [0.15, 0.2) is 0 Å². The minimum absolute atomic E-state index is 0.560. The van der Waals surface area contributed by atoms with Crippen LogP contribution in [-0.4, -0.2) is 6.61 Å². The second-order valence-electron chi connectivity index (χ2n) is 2.10. The molecule has 0 atom stereocenters. The van der Waals surface area contributed by atoms with E-state index in [2.05, 4.69) is 12.1 Å². The standard InChI is InChI=1S/C9H6O/c1-2-6-9-8(4-1)5-3-7-10-9/h1,4-6H,7H2. The lowest BCUT2D eigenvalue weighted by Crippen LogP contribution is -1.99. The molecule has 0 saturated heterocycles. The van der Waals surface area contributed by atoms with Crippen LogP contribution in [0.4, 0.5) is 0 Å². The molecule has 1 aliphatic rings. The number of rotatable bonds is 0. The van der Waals surface area contributed by atoms with Gasteiger partial charge in [-0.3, -0.25) is 0 Å². The average molecular weight is 130 g/mol. The zero-order valence-electron chi connectivity index (χ0n) is 5.42. The maximum Gasteiger partial charge on any atom is 0.127 e. The SMILES string of the molecule is [C]1=Cc2cc[c]cc2OC1. The van der Waals surface area contributed by atoms with E-state index < -0.39 is 0 Å². The first-order valence-corrected chi connectivity index (χ1v) is 3.16. The van der Waals surface area contributed by atoms with E-state index in [1.54, 1.807) is 0 Å². The van der Waals surface area contributed by atoms with Crippen LogP contribution < -0.4 is 4.74 Å². The lowest BCUT2D eigenvalue weighted by atomic mass is 10.1. The van der Waals surface area contributed by atoms with E-state index in [0.717, 1.165) is 11.3 Å². The third-order valence-corrected chi connectivity index (χ3v) is 1.43. The molecule has 0 unspecified atom stereocenters. The van der Waals surface area contributed by atoms with Gasteiger partial charge in [-0.1, -0.05) is 12.1 Å². The molecule has 2 radical (unpaired) electrons. The predicted octanol–water partition coefficient (Wildman–Crippen LogP) is 1.70. The van der Waals surface area contributed by atoms with Gasteiger partial charge in [0.25, 0.3) is 0 Å². The third kappa shape index (κ3) is 0.798. The summed E-state index contributed by atoms with van der Waals surface area (Å²) in [7, 11) is 0. The highest BCUT2D eigenvalue weighted by Crippen LogP contribution is 2.21. The van der Waals surface area contributed by atoms with Gasteiger partial charge < -0.3 is 4.74 Å². The van der Waals surface area contributed by atoms with Crippen molar-refractivity contribution in [3.63, 3.8) is 0 Å². The molecule has 0 bridgehead atoms. The van der Waals surface area contributed by atoms with Crippen LogP contribution in [0.15, 0.2) is 18.2 Å². The monoisotopic (exact) mass is 130 g/mol. The van der Waals surface area contributed by atoms with Gasteiger partial charge in [-0.25, -0.2) is 0 Å². The molecule has 0 amide bonds. The summed E-state index contributed by atoms with van der Waals surface area (Å²) in [5.74, 6) is 0.904. The summed E-state index contributed by atoms with van der Waals surface area (Å²) in [6.45, 7) is 0.560. The van der Waals surface area contributed by atoms with Crippen LogP contribution in [0.5, 0.6) is 5.75 Å². The Bertz CT molecular complexity index is 263. The molecule has 0 aromatic heterocycles. The first kappa shape index (κ1) is 5.54. The lowest BCUT2D eigenvalue weighted by Gasteiger charge is -2.09. The first-order valence-electron chi connectivity index (χ1n) is 3.16. The van der Waals surface area contributed by atoms with E-state index >= 15 is 0 Å². The fourth-order valence-electron chi connectivity index (χ4n) is 0.942. The summed E-state index contributed by atoms with van der Waals surface area (Å²) < 4.78 is 5.25. The Labute approximate surface area is 59.9 Å². The summed E-state index contributed by atoms with van der Waals surface area (Å²) in [5, 5.41) is 0. The van der Waals surface area contributed by atoms with Crippen LogP contribution in [0.2, 0.25) is 0 Å². The molecule has 1 heteroatoms. The zero-order chi connectivity index (χ0) is 6.81. The quantitative estimate of drug-likeness (QED) is 0.519. The molecular formula is C9H6O. The Hall–Kier alpha value is -1.24.